The van der Waals surface area contributed by atoms with Crippen LogP contribution in [-0.4, -0.2) is 27.1 Å². The topological polar surface area (TPSA) is 72.8 Å². The molecule has 0 heterocycles. The number of benzene rings is 1. The van der Waals surface area contributed by atoms with Crippen LogP contribution in [0.5, 0.6) is 0 Å². The van der Waals surface area contributed by atoms with Gasteiger partial charge in [0.15, 0.2) is 0 Å². The zero-order chi connectivity index (χ0) is 16.8. The summed E-state index contributed by atoms with van der Waals surface area (Å²) in [7, 11) is -3.72. The summed E-state index contributed by atoms with van der Waals surface area (Å²) in [6.45, 7) is 7.33. The Kier molecular flexibility index (Phi) is 6.44. The molecule has 1 aromatic carbocycles. The first-order valence-corrected chi connectivity index (χ1v) is 8.57. The molecule has 0 unspecified atom stereocenters. The first-order valence-electron chi connectivity index (χ1n) is 7.16. The Hall–Kier alpha value is -1.53. The molecule has 1 rings (SSSR count). The van der Waals surface area contributed by atoms with Gasteiger partial charge in [-0.25, -0.2) is 4.99 Å². The number of unbranched alkanes of at least 4 members (excludes halogenated alkanes) is 1. The summed E-state index contributed by atoms with van der Waals surface area (Å²) in [5.74, 6) is -0.194. The Morgan fingerprint density at radius 1 is 1.23 bits per heavy atom. The van der Waals surface area contributed by atoms with Crippen LogP contribution < -0.4 is 0 Å². The Morgan fingerprint density at radius 2 is 1.82 bits per heavy atom. The number of hydrogen-bond acceptors (Lipinski definition) is 4. The lowest BCUT2D eigenvalue weighted by Crippen LogP contribution is -2.17. The van der Waals surface area contributed by atoms with E-state index in [4.69, 9.17) is 4.18 Å². The van der Waals surface area contributed by atoms with Crippen LogP contribution in [0.2, 0.25) is 0 Å². The molecule has 0 aliphatic heterocycles. The van der Waals surface area contributed by atoms with E-state index in [9.17, 15) is 13.2 Å². The zero-order valence-corrected chi connectivity index (χ0v) is 14.3. The highest BCUT2D eigenvalue weighted by molar-refractivity contribution is 7.86. The Bertz CT molecular complexity index is 625. The van der Waals surface area contributed by atoms with Crippen LogP contribution in [0.1, 0.15) is 39.2 Å². The summed E-state index contributed by atoms with van der Waals surface area (Å²) in [6, 6.07) is 6.49. The highest BCUT2D eigenvalue weighted by atomic mass is 32.2. The molecule has 0 aliphatic carbocycles. The maximum absolute atomic E-state index is 11.9. The minimum atomic E-state index is -3.72. The van der Waals surface area contributed by atoms with Crippen molar-refractivity contribution in [3.05, 3.63) is 29.8 Å². The Morgan fingerprint density at radius 3 is 2.36 bits per heavy atom. The monoisotopic (exact) mass is 325 g/mol. The van der Waals surface area contributed by atoms with Crippen LogP contribution in [0.3, 0.4) is 0 Å². The van der Waals surface area contributed by atoms with Crippen LogP contribution in [0.4, 0.5) is 0 Å². The quantitative estimate of drug-likeness (QED) is 0.457. The number of amides is 1. The SMILES string of the molecule is Cc1ccc(S(=O)(=O)OCCCC=NC(=O)C(C)(C)C)cc1. The second-order valence-corrected chi connectivity index (χ2v) is 7.71. The van der Waals surface area contributed by atoms with Gasteiger partial charge < -0.3 is 0 Å². The van der Waals surface area contributed by atoms with Gasteiger partial charge in [-0.1, -0.05) is 38.5 Å². The van der Waals surface area contributed by atoms with Gasteiger partial charge in [0.1, 0.15) is 0 Å². The van der Waals surface area contributed by atoms with Crippen molar-refractivity contribution in [2.45, 2.75) is 45.4 Å². The average Bonchev–Trinajstić information content (AvgIpc) is 2.41. The van der Waals surface area contributed by atoms with Crippen molar-refractivity contribution in [1.29, 1.82) is 0 Å². The molecule has 0 saturated carbocycles. The van der Waals surface area contributed by atoms with E-state index in [0.717, 1.165) is 5.56 Å². The fraction of sp³-hybridized carbons (Fsp3) is 0.500. The highest BCUT2D eigenvalue weighted by Gasteiger charge is 2.19. The van der Waals surface area contributed by atoms with Crippen molar-refractivity contribution in [2.75, 3.05) is 6.61 Å². The molecular formula is C16H23NO4S. The molecule has 0 saturated heterocycles. The molecule has 6 heteroatoms. The molecule has 1 amide bonds. The average molecular weight is 325 g/mol. The van der Waals surface area contributed by atoms with Crippen LogP contribution >= 0.6 is 0 Å². The van der Waals surface area contributed by atoms with Gasteiger partial charge in [0.25, 0.3) is 16.0 Å². The van der Waals surface area contributed by atoms with Crippen molar-refractivity contribution < 1.29 is 17.4 Å². The van der Waals surface area contributed by atoms with Gasteiger partial charge >= 0.3 is 0 Å². The molecule has 22 heavy (non-hydrogen) atoms. The van der Waals surface area contributed by atoms with Gasteiger partial charge in [-0.3, -0.25) is 8.98 Å². The van der Waals surface area contributed by atoms with Crippen LogP contribution in [0.25, 0.3) is 0 Å². The molecule has 0 N–H and O–H groups in total. The molecule has 0 fully saturated rings. The first-order chi connectivity index (χ1) is 10.1. The van der Waals surface area contributed by atoms with Crippen molar-refractivity contribution in [3.8, 4) is 0 Å². The fourth-order valence-corrected chi connectivity index (χ4v) is 2.40. The molecular weight excluding hydrogens is 302 g/mol. The first kappa shape index (κ1) is 18.5. The minimum absolute atomic E-state index is 0.0614. The van der Waals surface area contributed by atoms with E-state index in [1.165, 1.54) is 18.3 Å². The van der Waals surface area contributed by atoms with Crippen molar-refractivity contribution in [2.24, 2.45) is 10.4 Å². The van der Waals surface area contributed by atoms with E-state index < -0.39 is 15.5 Å². The lowest BCUT2D eigenvalue weighted by atomic mass is 9.96. The molecule has 5 nitrogen and oxygen atoms in total. The summed E-state index contributed by atoms with van der Waals surface area (Å²) in [6.07, 6.45) is 2.48. The molecule has 0 aliphatic rings. The van der Waals surface area contributed by atoms with Crippen LogP contribution in [-0.2, 0) is 19.1 Å². The van der Waals surface area contributed by atoms with E-state index >= 15 is 0 Å². The second-order valence-electron chi connectivity index (χ2n) is 6.10. The third-order valence-electron chi connectivity index (χ3n) is 2.88. The van der Waals surface area contributed by atoms with E-state index in [2.05, 4.69) is 4.99 Å². The summed E-state index contributed by atoms with van der Waals surface area (Å²) < 4.78 is 28.8. The number of carbonyl (C=O) groups excluding carboxylic acids is 1. The summed E-state index contributed by atoms with van der Waals surface area (Å²) in [5, 5.41) is 0. The highest BCUT2D eigenvalue weighted by Crippen LogP contribution is 2.15. The van der Waals surface area contributed by atoms with Crippen LogP contribution in [0.15, 0.2) is 34.2 Å². The fourth-order valence-electron chi connectivity index (χ4n) is 1.46. The smallest absolute Gasteiger partial charge is 0.272 e. The van der Waals surface area contributed by atoms with E-state index in [1.807, 2.05) is 6.92 Å². The predicted molar refractivity (Wildman–Crippen MR) is 86.5 cm³/mol. The van der Waals surface area contributed by atoms with Gasteiger partial charge in [0, 0.05) is 11.6 Å². The molecule has 0 spiro atoms. The number of hydrogen-bond donors (Lipinski definition) is 0. The summed E-state index contributed by atoms with van der Waals surface area (Å²) in [5.41, 5.74) is 0.487. The van der Waals surface area contributed by atoms with Gasteiger partial charge in [0.2, 0.25) is 0 Å². The van der Waals surface area contributed by atoms with Gasteiger partial charge in [0.05, 0.1) is 11.5 Å². The number of aliphatic imine (C=N–C) groups is 1. The van der Waals surface area contributed by atoms with Crippen molar-refractivity contribution >= 4 is 22.2 Å². The molecule has 0 atom stereocenters. The third-order valence-corrected chi connectivity index (χ3v) is 4.20. The number of carbonyl (C=O) groups is 1. The van der Waals surface area contributed by atoms with Gasteiger partial charge in [-0.05, 0) is 31.9 Å². The van der Waals surface area contributed by atoms with E-state index in [1.54, 1.807) is 32.9 Å². The van der Waals surface area contributed by atoms with Crippen molar-refractivity contribution in [3.63, 3.8) is 0 Å². The zero-order valence-electron chi connectivity index (χ0n) is 13.5. The van der Waals surface area contributed by atoms with Crippen molar-refractivity contribution in [1.82, 2.24) is 0 Å². The molecule has 122 valence electrons. The number of rotatable bonds is 6. The third kappa shape index (κ3) is 6.07. The molecule has 0 aromatic heterocycles. The number of aryl methyl sites for hydroxylation is 1. The Labute approximate surface area is 132 Å². The predicted octanol–water partition coefficient (Wildman–Crippen LogP) is 3.12. The number of nitrogens with zero attached hydrogens (tertiary/aromatic N) is 1. The normalized spacial score (nSPS) is 12.7. The molecule has 0 radical (unpaired) electrons. The van der Waals surface area contributed by atoms with E-state index in [-0.39, 0.29) is 17.4 Å². The maximum Gasteiger partial charge on any atom is 0.296 e. The van der Waals surface area contributed by atoms with Gasteiger partial charge in [-0.15, -0.1) is 0 Å². The summed E-state index contributed by atoms with van der Waals surface area (Å²) in [4.78, 5) is 15.5. The molecule has 0 bridgehead atoms. The lowest BCUT2D eigenvalue weighted by molar-refractivity contribution is -0.124. The van der Waals surface area contributed by atoms with Gasteiger partial charge in [-0.2, -0.15) is 8.42 Å². The largest absolute Gasteiger partial charge is 0.296 e. The lowest BCUT2D eigenvalue weighted by Gasteiger charge is -2.11. The molecule has 1 aromatic rings. The maximum atomic E-state index is 11.9. The minimum Gasteiger partial charge on any atom is -0.272 e. The van der Waals surface area contributed by atoms with Crippen LogP contribution in [0, 0.1) is 12.3 Å². The standard InChI is InChI=1S/C16H23NO4S/c1-13-7-9-14(10-8-13)22(19,20)21-12-6-5-11-17-15(18)16(2,3)4/h7-11H,5-6,12H2,1-4H3. The van der Waals surface area contributed by atoms with E-state index in [0.29, 0.717) is 12.8 Å². The second kappa shape index (κ2) is 7.65. The summed E-state index contributed by atoms with van der Waals surface area (Å²) >= 11 is 0. The Balaban J connectivity index is 2.40.